The van der Waals surface area contributed by atoms with Gasteiger partial charge >= 0.3 is 0 Å². The Balaban J connectivity index is 2.07. The zero-order valence-corrected chi connectivity index (χ0v) is 9.02. The van der Waals surface area contributed by atoms with E-state index in [1.807, 2.05) is 11.8 Å². The highest BCUT2D eigenvalue weighted by molar-refractivity contribution is 8.01. The minimum atomic E-state index is 1.23. The molecule has 0 N–H and O–H groups in total. The van der Waals surface area contributed by atoms with Gasteiger partial charge in [0.1, 0.15) is 0 Å². The van der Waals surface area contributed by atoms with Crippen molar-refractivity contribution in [3.63, 3.8) is 0 Å². The second kappa shape index (κ2) is 7.02. The van der Waals surface area contributed by atoms with Crippen molar-refractivity contribution in [2.75, 3.05) is 0 Å². The van der Waals surface area contributed by atoms with Crippen LogP contribution in [-0.2, 0) is 0 Å². The van der Waals surface area contributed by atoms with E-state index in [0.29, 0.717) is 0 Å². The number of benzene rings is 1. The van der Waals surface area contributed by atoms with E-state index < -0.39 is 0 Å². The Hall–Kier alpha value is -0.430. The molecule has 13 heavy (non-hydrogen) atoms. The smallest absolute Gasteiger partial charge is 0.0217 e. The molecule has 0 heterocycles. The van der Waals surface area contributed by atoms with Crippen LogP contribution in [0.4, 0.5) is 0 Å². The van der Waals surface area contributed by atoms with Crippen molar-refractivity contribution in [1.82, 2.24) is 0 Å². The van der Waals surface area contributed by atoms with Gasteiger partial charge in [0.05, 0.1) is 0 Å². The minimum absolute atomic E-state index is 1.23. The Labute approximate surface area is 85.7 Å². The number of unbranched alkanes of at least 4 members (excludes halogenated alkanes) is 3. The largest absolute Gasteiger partial charge is 0.122 e. The van der Waals surface area contributed by atoms with Gasteiger partial charge in [0.2, 0.25) is 0 Å². The molecular weight excluding hydrogens is 176 g/mol. The van der Waals surface area contributed by atoms with Gasteiger partial charge in [-0.05, 0) is 18.6 Å². The maximum absolute atomic E-state index is 2.31. The summed E-state index contributed by atoms with van der Waals surface area (Å²) in [7, 11) is 0. The van der Waals surface area contributed by atoms with Crippen LogP contribution in [-0.4, -0.2) is 0 Å². The minimum Gasteiger partial charge on any atom is -0.122 e. The maximum atomic E-state index is 2.31. The summed E-state index contributed by atoms with van der Waals surface area (Å²) in [5, 5.41) is 0. The lowest BCUT2D eigenvalue weighted by Gasteiger charge is -1.99. The first-order valence-electron chi connectivity index (χ1n) is 4.97. The highest BCUT2D eigenvalue weighted by Crippen LogP contribution is 2.22. The first-order valence-corrected chi connectivity index (χ1v) is 5.85. The molecule has 0 nitrogen and oxygen atoms in total. The molecule has 1 radical (unpaired) electrons. The molecule has 0 aliphatic heterocycles. The summed E-state index contributed by atoms with van der Waals surface area (Å²) in [6, 6.07) is 10.5. The Morgan fingerprint density at radius 2 is 1.92 bits per heavy atom. The van der Waals surface area contributed by atoms with Gasteiger partial charge in [-0.3, -0.25) is 0 Å². The average Bonchev–Trinajstić information content (AvgIpc) is 2.19. The number of hydrogen-bond acceptors (Lipinski definition) is 1. The van der Waals surface area contributed by atoms with E-state index in [-0.39, 0.29) is 0 Å². The van der Waals surface area contributed by atoms with Crippen LogP contribution in [0, 0.1) is 5.75 Å². The van der Waals surface area contributed by atoms with E-state index >= 15 is 0 Å². The second-order valence-corrected chi connectivity index (χ2v) is 4.13. The molecule has 0 saturated heterocycles. The zero-order valence-electron chi connectivity index (χ0n) is 8.20. The third-order valence-corrected chi connectivity index (χ3v) is 2.83. The lowest BCUT2D eigenvalue weighted by molar-refractivity contribution is 0.724. The molecule has 1 aromatic rings. The van der Waals surface area contributed by atoms with Gasteiger partial charge in [-0.25, -0.2) is 0 Å². The van der Waals surface area contributed by atoms with E-state index in [2.05, 4.69) is 43.0 Å². The standard InChI is InChI=1S/C12H17S/c1-2-3-4-8-11-13-12-9-6-5-7-10-12/h5-7,9-11H,2-4,8H2,1H3. The predicted octanol–water partition coefficient (Wildman–Crippen LogP) is 4.52. The van der Waals surface area contributed by atoms with Gasteiger partial charge in [0, 0.05) is 10.6 Å². The molecular formula is C12H17S. The van der Waals surface area contributed by atoms with Crippen LogP contribution in [0.5, 0.6) is 0 Å². The second-order valence-electron chi connectivity index (χ2n) is 3.09. The molecule has 0 aromatic heterocycles. The van der Waals surface area contributed by atoms with E-state index in [0.717, 1.165) is 0 Å². The van der Waals surface area contributed by atoms with Crippen molar-refractivity contribution >= 4 is 11.8 Å². The molecule has 0 fully saturated rings. The molecule has 1 heteroatoms. The van der Waals surface area contributed by atoms with Crippen LogP contribution in [0.25, 0.3) is 0 Å². The average molecular weight is 193 g/mol. The molecule has 0 saturated carbocycles. The van der Waals surface area contributed by atoms with Crippen molar-refractivity contribution in [1.29, 1.82) is 0 Å². The van der Waals surface area contributed by atoms with Gasteiger partial charge in [-0.1, -0.05) is 44.4 Å². The Kier molecular flexibility index (Phi) is 5.75. The normalized spacial score (nSPS) is 10.2. The van der Waals surface area contributed by atoms with E-state index in [1.165, 1.54) is 30.6 Å². The lowest BCUT2D eigenvalue weighted by Crippen LogP contribution is -1.75. The van der Waals surface area contributed by atoms with Crippen LogP contribution in [0.15, 0.2) is 35.2 Å². The molecule has 0 atom stereocenters. The molecule has 0 bridgehead atoms. The SMILES string of the molecule is CCCCC[CH]Sc1ccccc1. The first-order chi connectivity index (χ1) is 6.43. The fourth-order valence-electron chi connectivity index (χ4n) is 1.13. The van der Waals surface area contributed by atoms with E-state index in [4.69, 9.17) is 0 Å². The third-order valence-electron chi connectivity index (χ3n) is 1.89. The quantitative estimate of drug-likeness (QED) is 0.473. The molecule has 0 unspecified atom stereocenters. The van der Waals surface area contributed by atoms with Gasteiger partial charge in [-0.15, -0.1) is 11.8 Å². The summed E-state index contributed by atoms with van der Waals surface area (Å²) >= 11 is 1.85. The van der Waals surface area contributed by atoms with Crippen molar-refractivity contribution in [2.45, 2.75) is 37.5 Å². The van der Waals surface area contributed by atoms with E-state index in [9.17, 15) is 0 Å². The first kappa shape index (κ1) is 10.6. The Bertz CT molecular complexity index is 206. The predicted molar refractivity (Wildman–Crippen MR) is 60.7 cm³/mol. The zero-order chi connectivity index (χ0) is 9.36. The molecule has 1 aromatic carbocycles. The van der Waals surface area contributed by atoms with Crippen LogP contribution in [0.3, 0.4) is 0 Å². The number of hydrogen-bond donors (Lipinski definition) is 0. The van der Waals surface area contributed by atoms with Crippen LogP contribution < -0.4 is 0 Å². The monoisotopic (exact) mass is 193 g/mol. The van der Waals surface area contributed by atoms with Crippen LogP contribution >= 0.6 is 11.8 Å². The third kappa shape index (κ3) is 4.99. The van der Waals surface area contributed by atoms with Gasteiger partial charge in [-0.2, -0.15) is 0 Å². The number of thioether (sulfide) groups is 1. The van der Waals surface area contributed by atoms with Crippen molar-refractivity contribution in [3.05, 3.63) is 36.1 Å². The molecule has 0 spiro atoms. The fourth-order valence-corrected chi connectivity index (χ4v) is 1.92. The van der Waals surface area contributed by atoms with Crippen molar-refractivity contribution < 1.29 is 0 Å². The Morgan fingerprint density at radius 1 is 1.15 bits per heavy atom. The highest BCUT2D eigenvalue weighted by atomic mass is 32.2. The van der Waals surface area contributed by atoms with Crippen molar-refractivity contribution in [3.8, 4) is 0 Å². The van der Waals surface area contributed by atoms with Crippen molar-refractivity contribution in [2.24, 2.45) is 0 Å². The molecule has 0 aliphatic carbocycles. The highest BCUT2D eigenvalue weighted by Gasteiger charge is 1.92. The maximum Gasteiger partial charge on any atom is 0.0217 e. The van der Waals surface area contributed by atoms with Gasteiger partial charge < -0.3 is 0 Å². The topological polar surface area (TPSA) is 0 Å². The van der Waals surface area contributed by atoms with Gasteiger partial charge in [0.25, 0.3) is 0 Å². The molecule has 1 rings (SSSR count). The summed E-state index contributed by atoms with van der Waals surface area (Å²) in [4.78, 5) is 1.35. The molecule has 71 valence electrons. The van der Waals surface area contributed by atoms with Crippen LogP contribution in [0.1, 0.15) is 32.6 Å². The summed E-state index contributed by atoms with van der Waals surface area (Å²) in [6.45, 7) is 2.24. The fraction of sp³-hybridized carbons (Fsp3) is 0.417. The van der Waals surface area contributed by atoms with Gasteiger partial charge in [0.15, 0.2) is 0 Å². The summed E-state index contributed by atoms with van der Waals surface area (Å²) in [5.74, 6) is 2.31. The molecule has 0 amide bonds. The number of rotatable bonds is 6. The summed E-state index contributed by atoms with van der Waals surface area (Å²) < 4.78 is 0. The van der Waals surface area contributed by atoms with E-state index in [1.54, 1.807) is 0 Å². The summed E-state index contributed by atoms with van der Waals surface area (Å²) in [6.07, 6.45) is 5.22. The Morgan fingerprint density at radius 3 is 2.62 bits per heavy atom. The summed E-state index contributed by atoms with van der Waals surface area (Å²) in [5.41, 5.74) is 0. The lowest BCUT2D eigenvalue weighted by atomic mass is 10.2. The molecule has 0 aliphatic rings. The van der Waals surface area contributed by atoms with Crippen LogP contribution in [0.2, 0.25) is 0 Å².